The standard InChI is InChI=1S/C10H13NO/c11-6-8-5-10(8)7-1-3-9(12)4-2-7/h1-4,8,10,12H,5-6,11H2/t8-,10-/m1/s1. The molecule has 64 valence electrons. The first-order valence-electron chi connectivity index (χ1n) is 4.30. The molecule has 0 aromatic heterocycles. The van der Waals surface area contributed by atoms with Crippen molar-refractivity contribution in [2.24, 2.45) is 11.7 Å². The van der Waals surface area contributed by atoms with Crippen LogP contribution < -0.4 is 5.73 Å². The molecule has 0 unspecified atom stereocenters. The average Bonchev–Trinajstić information content (AvgIpc) is 2.85. The van der Waals surface area contributed by atoms with Crippen molar-refractivity contribution in [3.8, 4) is 5.75 Å². The van der Waals surface area contributed by atoms with E-state index < -0.39 is 0 Å². The summed E-state index contributed by atoms with van der Waals surface area (Å²) in [5, 5.41) is 9.06. The summed E-state index contributed by atoms with van der Waals surface area (Å²) in [6.45, 7) is 0.783. The fourth-order valence-electron chi connectivity index (χ4n) is 1.64. The largest absolute Gasteiger partial charge is 0.508 e. The van der Waals surface area contributed by atoms with Crippen molar-refractivity contribution in [2.75, 3.05) is 6.54 Å². The average molecular weight is 163 g/mol. The van der Waals surface area contributed by atoms with Crippen LogP contribution in [0.1, 0.15) is 17.9 Å². The van der Waals surface area contributed by atoms with Gasteiger partial charge in [-0.2, -0.15) is 0 Å². The molecule has 2 nitrogen and oxygen atoms in total. The molecule has 1 aromatic carbocycles. The van der Waals surface area contributed by atoms with Crippen LogP contribution in [0.3, 0.4) is 0 Å². The van der Waals surface area contributed by atoms with Gasteiger partial charge in [-0.25, -0.2) is 0 Å². The summed E-state index contributed by atoms with van der Waals surface area (Å²) in [6.07, 6.45) is 1.21. The summed E-state index contributed by atoms with van der Waals surface area (Å²) in [5.74, 6) is 1.66. The number of phenolic OH excluding ortho intramolecular Hbond substituents is 1. The van der Waals surface area contributed by atoms with Crippen LogP contribution in [0.15, 0.2) is 24.3 Å². The molecule has 0 aliphatic heterocycles. The number of hydrogen-bond donors (Lipinski definition) is 2. The molecule has 2 heteroatoms. The lowest BCUT2D eigenvalue weighted by Crippen LogP contribution is -2.01. The van der Waals surface area contributed by atoms with Crippen molar-refractivity contribution >= 4 is 0 Å². The van der Waals surface area contributed by atoms with E-state index in [0.717, 1.165) is 6.54 Å². The number of rotatable bonds is 2. The Bertz CT molecular complexity index is 268. The normalized spacial score (nSPS) is 27.1. The molecule has 1 saturated carbocycles. The Labute approximate surface area is 72.0 Å². The van der Waals surface area contributed by atoms with Crippen LogP contribution in [-0.2, 0) is 0 Å². The lowest BCUT2D eigenvalue weighted by atomic mass is 10.1. The third-order valence-corrected chi connectivity index (χ3v) is 2.55. The maximum absolute atomic E-state index is 9.06. The Morgan fingerprint density at radius 3 is 2.50 bits per heavy atom. The second-order valence-corrected chi connectivity index (χ2v) is 3.43. The fraction of sp³-hybridized carbons (Fsp3) is 0.400. The lowest BCUT2D eigenvalue weighted by molar-refractivity contribution is 0.475. The third-order valence-electron chi connectivity index (χ3n) is 2.55. The van der Waals surface area contributed by atoms with Gasteiger partial charge in [-0.1, -0.05) is 12.1 Å². The van der Waals surface area contributed by atoms with Crippen LogP contribution in [0.2, 0.25) is 0 Å². The minimum Gasteiger partial charge on any atom is -0.508 e. The zero-order chi connectivity index (χ0) is 8.55. The van der Waals surface area contributed by atoms with E-state index in [2.05, 4.69) is 0 Å². The molecule has 2 rings (SSSR count). The summed E-state index contributed by atoms with van der Waals surface area (Å²) in [6, 6.07) is 7.44. The fourth-order valence-corrected chi connectivity index (χ4v) is 1.64. The van der Waals surface area contributed by atoms with Crippen LogP contribution in [0, 0.1) is 5.92 Å². The predicted octanol–water partition coefficient (Wildman–Crippen LogP) is 1.45. The van der Waals surface area contributed by atoms with Gasteiger partial charge in [-0.05, 0) is 42.5 Å². The molecule has 2 atom stereocenters. The molecule has 1 aliphatic rings. The molecule has 3 N–H and O–H groups in total. The number of phenols is 1. The molecule has 12 heavy (non-hydrogen) atoms. The number of benzene rings is 1. The van der Waals surface area contributed by atoms with E-state index in [0.29, 0.717) is 17.6 Å². The lowest BCUT2D eigenvalue weighted by Gasteiger charge is -1.98. The third kappa shape index (κ3) is 1.30. The molecular weight excluding hydrogens is 150 g/mol. The highest BCUT2D eigenvalue weighted by Crippen LogP contribution is 2.46. The zero-order valence-electron chi connectivity index (χ0n) is 6.90. The van der Waals surface area contributed by atoms with E-state index in [4.69, 9.17) is 10.8 Å². The Balaban J connectivity index is 2.10. The molecule has 0 spiro atoms. The molecule has 0 bridgehead atoms. The van der Waals surface area contributed by atoms with Gasteiger partial charge < -0.3 is 10.8 Å². The van der Waals surface area contributed by atoms with Crippen LogP contribution in [0.25, 0.3) is 0 Å². The molecule has 0 amide bonds. The smallest absolute Gasteiger partial charge is 0.115 e. The zero-order valence-corrected chi connectivity index (χ0v) is 6.90. The van der Waals surface area contributed by atoms with Gasteiger partial charge in [0.25, 0.3) is 0 Å². The minimum atomic E-state index is 0.337. The molecule has 1 aromatic rings. The van der Waals surface area contributed by atoms with Crippen molar-refractivity contribution in [1.29, 1.82) is 0 Å². The summed E-state index contributed by atoms with van der Waals surface area (Å²) in [4.78, 5) is 0. The van der Waals surface area contributed by atoms with E-state index >= 15 is 0 Å². The minimum absolute atomic E-state index is 0.337. The van der Waals surface area contributed by atoms with Gasteiger partial charge in [0.2, 0.25) is 0 Å². The van der Waals surface area contributed by atoms with E-state index in [1.807, 2.05) is 12.1 Å². The van der Waals surface area contributed by atoms with Gasteiger partial charge in [0.1, 0.15) is 5.75 Å². The van der Waals surface area contributed by atoms with Gasteiger partial charge in [0.05, 0.1) is 0 Å². The van der Waals surface area contributed by atoms with Gasteiger partial charge in [-0.3, -0.25) is 0 Å². The van der Waals surface area contributed by atoms with E-state index in [1.165, 1.54) is 12.0 Å². The summed E-state index contributed by atoms with van der Waals surface area (Å²) in [5.41, 5.74) is 6.85. The first-order valence-corrected chi connectivity index (χ1v) is 4.30. The number of hydrogen-bond acceptors (Lipinski definition) is 2. The molecule has 1 aliphatic carbocycles. The highest BCUT2D eigenvalue weighted by Gasteiger charge is 2.36. The van der Waals surface area contributed by atoms with Crippen molar-refractivity contribution in [3.63, 3.8) is 0 Å². The van der Waals surface area contributed by atoms with E-state index in [-0.39, 0.29) is 0 Å². The highest BCUT2D eigenvalue weighted by atomic mass is 16.3. The van der Waals surface area contributed by atoms with E-state index in [9.17, 15) is 0 Å². The van der Waals surface area contributed by atoms with Crippen molar-refractivity contribution in [2.45, 2.75) is 12.3 Å². The van der Waals surface area contributed by atoms with Crippen LogP contribution in [0.4, 0.5) is 0 Å². The van der Waals surface area contributed by atoms with Gasteiger partial charge in [0.15, 0.2) is 0 Å². The first kappa shape index (κ1) is 7.62. The van der Waals surface area contributed by atoms with Crippen LogP contribution >= 0.6 is 0 Å². The molecule has 0 heterocycles. The van der Waals surface area contributed by atoms with Crippen LogP contribution in [0.5, 0.6) is 5.75 Å². The maximum atomic E-state index is 9.06. The SMILES string of the molecule is NC[C@H]1C[C@@H]1c1ccc(O)cc1. The summed E-state index contributed by atoms with van der Waals surface area (Å²) >= 11 is 0. The van der Waals surface area contributed by atoms with E-state index in [1.54, 1.807) is 12.1 Å². The Kier molecular flexibility index (Phi) is 1.77. The van der Waals surface area contributed by atoms with Gasteiger partial charge in [-0.15, -0.1) is 0 Å². The predicted molar refractivity (Wildman–Crippen MR) is 48.0 cm³/mol. The second-order valence-electron chi connectivity index (χ2n) is 3.43. The Morgan fingerprint density at radius 1 is 1.33 bits per heavy atom. The second kappa shape index (κ2) is 2.79. The van der Waals surface area contributed by atoms with Gasteiger partial charge in [0, 0.05) is 0 Å². The summed E-state index contributed by atoms with van der Waals surface area (Å²) < 4.78 is 0. The monoisotopic (exact) mass is 163 g/mol. The van der Waals surface area contributed by atoms with Crippen molar-refractivity contribution < 1.29 is 5.11 Å². The number of nitrogens with two attached hydrogens (primary N) is 1. The van der Waals surface area contributed by atoms with Gasteiger partial charge >= 0.3 is 0 Å². The van der Waals surface area contributed by atoms with Crippen molar-refractivity contribution in [3.05, 3.63) is 29.8 Å². The molecular formula is C10H13NO. The maximum Gasteiger partial charge on any atom is 0.115 e. The summed E-state index contributed by atoms with van der Waals surface area (Å²) in [7, 11) is 0. The molecule has 0 radical (unpaired) electrons. The molecule has 1 fully saturated rings. The topological polar surface area (TPSA) is 46.2 Å². The van der Waals surface area contributed by atoms with Crippen LogP contribution in [-0.4, -0.2) is 11.7 Å². The highest BCUT2D eigenvalue weighted by molar-refractivity contribution is 5.31. The van der Waals surface area contributed by atoms with Crippen molar-refractivity contribution in [1.82, 2.24) is 0 Å². The molecule has 0 saturated heterocycles. The quantitative estimate of drug-likeness (QED) is 0.693. The number of aromatic hydroxyl groups is 1. The first-order chi connectivity index (χ1) is 5.81. The Morgan fingerprint density at radius 2 is 2.00 bits per heavy atom. The Hall–Kier alpha value is -1.02.